The number of amidine groups is 2. The van der Waals surface area contributed by atoms with Crippen molar-refractivity contribution in [2.24, 2.45) is 10.7 Å². The van der Waals surface area contributed by atoms with E-state index in [4.69, 9.17) is 21.0 Å². The highest BCUT2D eigenvalue weighted by Gasteiger charge is 2.26. The highest BCUT2D eigenvalue weighted by Crippen LogP contribution is 2.26. The Morgan fingerprint density at radius 2 is 1.95 bits per heavy atom. The molecule has 0 bridgehead atoms. The lowest BCUT2D eigenvalue weighted by Crippen LogP contribution is -2.41. The number of benzene rings is 2. The molecule has 0 atom stereocenters. The number of likely N-dealkylation sites (tertiary alicyclic amines) is 1. The van der Waals surface area contributed by atoms with Crippen molar-refractivity contribution in [2.45, 2.75) is 31.8 Å². The molecule has 0 unspecified atom stereocenters. The molecule has 11 heteroatoms. The van der Waals surface area contributed by atoms with Crippen molar-refractivity contribution in [3.8, 4) is 5.75 Å². The summed E-state index contributed by atoms with van der Waals surface area (Å²) in [4.78, 5) is 18.2. The van der Waals surface area contributed by atoms with Crippen molar-refractivity contribution in [2.75, 3.05) is 36.2 Å². The standard InChI is InChI=1S/C27H33N5O5S/c28-27(29)21-6-1-4-20(18-21)5-3-15-32(38(35,36)19-26(33)34)22-8-10-23(11-9-22)37-24-12-16-31(17-13-24)25-7-2-14-30-25/h1,3-6,8-11,18,24H,2,7,12-17,19H2,(H3,28,29)(H,33,34)/b5-3+. The van der Waals surface area contributed by atoms with Crippen LogP contribution in [0.2, 0.25) is 0 Å². The smallest absolute Gasteiger partial charge is 0.320 e. The van der Waals surface area contributed by atoms with Crippen molar-refractivity contribution >= 4 is 39.4 Å². The number of ether oxygens (including phenoxy) is 1. The normalized spacial score (nSPS) is 16.4. The number of rotatable bonds is 10. The van der Waals surface area contributed by atoms with Crippen LogP contribution in [0.5, 0.6) is 5.75 Å². The molecule has 2 aromatic rings. The van der Waals surface area contributed by atoms with Crippen molar-refractivity contribution < 1.29 is 23.1 Å². The summed E-state index contributed by atoms with van der Waals surface area (Å²) in [5.41, 5.74) is 7.17. The molecule has 0 saturated carbocycles. The third-order valence-corrected chi connectivity index (χ3v) is 8.15. The van der Waals surface area contributed by atoms with Gasteiger partial charge in [-0.1, -0.05) is 30.4 Å². The maximum atomic E-state index is 12.9. The first-order chi connectivity index (χ1) is 18.2. The Kier molecular flexibility index (Phi) is 8.67. The van der Waals surface area contributed by atoms with E-state index in [1.807, 2.05) is 0 Å². The van der Waals surface area contributed by atoms with Crippen LogP contribution in [0.1, 0.15) is 36.8 Å². The Morgan fingerprint density at radius 3 is 2.58 bits per heavy atom. The van der Waals surface area contributed by atoms with Crippen LogP contribution in [0.4, 0.5) is 5.69 Å². The molecule has 2 aromatic carbocycles. The molecule has 2 heterocycles. The summed E-state index contributed by atoms with van der Waals surface area (Å²) in [6, 6.07) is 13.7. The van der Waals surface area contributed by atoms with E-state index in [-0.39, 0.29) is 18.5 Å². The van der Waals surface area contributed by atoms with E-state index in [0.717, 1.165) is 55.2 Å². The number of carbonyl (C=O) groups is 1. The lowest BCUT2D eigenvalue weighted by molar-refractivity contribution is -0.134. The highest BCUT2D eigenvalue weighted by atomic mass is 32.2. The Labute approximate surface area is 223 Å². The van der Waals surface area contributed by atoms with Gasteiger partial charge in [-0.3, -0.25) is 19.5 Å². The van der Waals surface area contributed by atoms with Crippen LogP contribution < -0.4 is 14.8 Å². The second kappa shape index (κ2) is 12.1. The van der Waals surface area contributed by atoms with Gasteiger partial charge in [-0.25, -0.2) is 8.42 Å². The molecule has 0 spiro atoms. The molecule has 202 valence electrons. The summed E-state index contributed by atoms with van der Waals surface area (Å²) < 4.78 is 33.0. The fraction of sp³-hybridized carbons (Fsp3) is 0.370. The molecular weight excluding hydrogens is 506 g/mol. The average Bonchev–Trinajstić information content (AvgIpc) is 3.42. The minimum atomic E-state index is -4.13. The zero-order valence-corrected chi connectivity index (χ0v) is 21.9. The molecule has 0 amide bonds. The molecule has 0 aromatic heterocycles. The van der Waals surface area contributed by atoms with Gasteiger partial charge in [0.2, 0.25) is 10.0 Å². The van der Waals surface area contributed by atoms with Gasteiger partial charge in [-0.2, -0.15) is 0 Å². The summed E-state index contributed by atoms with van der Waals surface area (Å²) in [7, 11) is -4.13. The molecule has 1 saturated heterocycles. The second-order valence-electron chi connectivity index (χ2n) is 9.32. The van der Waals surface area contributed by atoms with E-state index in [0.29, 0.717) is 17.0 Å². The minimum Gasteiger partial charge on any atom is -0.490 e. The SMILES string of the molecule is N=C(N)c1cccc(/C=C/CN(c2ccc(OC3CCN(C4=NCCC4)CC3)cc2)S(=O)(=O)CC(=O)O)c1. The first-order valence-corrected chi connectivity index (χ1v) is 14.2. The van der Waals surface area contributed by atoms with E-state index < -0.39 is 21.7 Å². The summed E-state index contributed by atoms with van der Waals surface area (Å²) >= 11 is 0. The van der Waals surface area contributed by atoms with Crippen molar-refractivity contribution in [3.05, 3.63) is 65.7 Å². The number of hydrogen-bond acceptors (Lipinski definition) is 7. The Morgan fingerprint density at radius 1 is 1.21 bits per heavy atom. The van der Waals surface area contributed by atoms with E-state index in [1.54, 1.807) is 60.7 Å². The first kappa shape index (κ1) is 27.2. The van der Waals surface area contributed by atoms with E-state index in [2.05, 4.69) is 9.89 Å². The van der Waals surface area contributed by atoms with Crippen LogP contribution in [0.3, 0.4) is 0 Å². The predicted molar refractivity (Wildman–Crippen MR) is 148 cm³/mol. The number of nitrogens with zero attached hydrogens (tertiary/aromatic N) is 3. The lowest BCUT2D eigenvalue weighted by atomic mass is 10.1. The number of hydrogen-bond donors (Lipinski definition) is 3. The molecule has 4 rings (SSSR count). The molecule has 2 aliphatic heterocycles. The van der Waals surface area contributed by atoms with E-state index in [9.17, 15) is 13.2 Å². The molecule has 1 fully saturated rings. The Bertz CT molecular complexity index is 1320. The number of carboxylic acid groups (broad SMARTS) is 1. The molecule has 2 aliphatic rings. The molecule has 0 radical (unpaired) electrons. The number of anilines is 1. The number of nitrogens with one attached hydrogen (secondary N) is 1. The second-order valence-corrected chi connectivity index (χ2v) is 11.2. The lowest BCUT2D eigenvalue weighted by Gasteiger charge is -2.33. The maximum Gasteiger partial charge on any atom is 0.320 e. The monoisotopic (exact) mass is 539 g/mol. The average molecular weight is 540 g/mol. The van der Waals surface area contributed by atoms with Gasteiger partial charge in [0.05, 0.1) is 18.1 Å². The van der Waals surface area contributed by atoms with Crippen molar-refractivity contribution in [3.63, 3.8) is 0 Å². The van der Waals surface area contributed by atoms with Gasteiger partial charge in [-0.15, -0.1) is 0 Å². The van der Waals surface area contributed by atoms with Crippen molar-refractivity contribution in [1.29, 1.82) is 5.41 Å². The van der Waals surface area contributed by atoms with Gasteiger partial charge in [0.25, 0.3) is 0 Å². The van der Waals surface area contributed by atoms with Crippen molar-refractivity contribution in [1.82, 2.24) is 4.90 Å². The predicted octanol–water partition coefficient (Wildman–Crippen LogP) is 2.94. The largest absolute Gasteiger partial charge is 0.490 e. The molecule has 0 aliphatic carbocycles. The quantitative estimate of drug-likeness (QED) is 0.310. The number of aliphatic imine (C=N–C) groups is 1. The number of sulfonamides is 1. The molecule has 10 nitrogen and oxygen atoms in total. The van der Waals surface area contributed by atoms with Gasteiger partial charge in [0, 0.05) is 44.5 Å². The zero-order chi connectivity index (χ0) is 27.1. The van der Waals surface area contributed by atoms with Crippen LogP contribution in [0, 0.1) is 5.41 Å². The zero-order valence-electron chi connectivity index (χ0n) is 21.1. The van der Waals surface area contributed by atoms with Gasteiger partial charge in [0.1, 0.15) is 17.7 Å². The Balaban J connectivity index is 1.43. The van der Waals surface area contributed by atoms with Gasteiger partial charge in [-0.05, 0) is 42.3 Å². The fourth-order valence-corrected chi connectivity index (χ4v) is 5.83. The van der Waals surface area contributed by atoms with Crippen LogP contribution in [0.25, 0.3) is 6.08 Å². The van der Waals surface area contributed by atoms with Gasteiger partial charge >= 0.3 is 5.97 Å². The Hall–Kier alpha value is -3.86. The van der Waals surface area contributed by atoms with Crippen LogP contribution in [0.15, 0.2) is 59.6 Å². The third-order valence-electron chi connectivity index (χ3n) is 6.51. The highest BCUT2D eigenvalue weighted by molar-refractivity contribution is 7.93. The summed E-state index contributed by atoms with van der Waals surface area (Å²) in [5.74, 6) is -0.679. The van der Waals surface area contributed by atoms with Crippen LogP contribution in [-0.4, -0.2) is 74.1 Å². The minimum absolute atomic E-state index is 0.0670. The van der Waals surface area contributed by atoms with Gasteiger partial charge < -0.3 is 20.5 Å². The topological polar surface area (TPSA) is 149 Å². The molecule has 4 N–H and O–H groups in total. The number of nitrogens with two attached hydrogens (primary N) is 1. The number of nitrogen functional groups attached to an aromatic ring is 1. The number of piperidine rings is 1. The van der Waals surface area contributed by atoms with E-state index >= 15 is 0 Å². The van der Waals surface area contributed by atoms with Crippen LogP contribution >= 0.6 is 0 Å². The summed E-state index contributed by atoms with van der Waals surface area (Å²) in [6.07, 6.45) is 7.35. The molecule has 38 heavy (non-hydrogen) atoms. The summed E-state index contributed by atoms with van der Waals surface area (Å²) in [5, 5.41) is 16.7. The fourth-order valence-electron chi connectivity index (χ4n) is 4.61. The first-order valence-electron chi connectivity index (χ1n) is 12.6. The van der Waals surface area contributed by atoms with E-state index in [1.165, 1.54) is 5.84 Å². The number of aliphatic carboxylic acids is 1. The molecular formula is C27H33N5O5S. The maximum absolute atomic E-state index is 12.9. The number of carboxylic acids is 1. The van der Waals surface area contributed by atoms with Gasteiger partial charge in [0.15, 0.2) is 5.75 Å². The van der Waals surface area contributed by atoms with Crippen LogP contribution in [-0.2, 0) is 14.8 Å². The summed E-state index contributed by atoms with van der Waals surface area (Å²) in [6.45, 7) is 2.66. The third kappa shape index (κ3) is 7.12.